The number of alkyl halides is 3. The van der Waals surface area contributed by atoms with E-state index in [0.29, 0.717) is 0 Å². The Morgan fingerprint density at radius 3 is 2.43 bits per heavy atom. The van der Waals surface area contributed by atoms with E-state index in [4.69, 9.17) is 5.11 Å². The van der Waals surface area contributed by atoms with Gasteiger partial charge in [0.15, 0.2) is 0 Å². The highest BCUT2D eigenvalue weighted by atomic mass is 79.9. The molecule has 1 aromatic carbocycles. The average Bonchev–Trinajstić information content (AvgIpc) is 2.36. The Bertz CT molecular complexity index is 560. The number of rotatable bonds is 4. The van der Waals surface area contributed by atoms with Crippen LogP contribution in [0.25, 0.3) is 0 Å². The second-order valence-corrected chi connectivity index (χ2v) is 5.47. The minimum atomic E-state index is -4.55. The number of nitrogens with zero attached hydrogens (tertiary/aromatic N) is 1. The van der Waals surface area contributed by atoms with Gasteiger partial charge in [-0.2, -0.15) is 13.2 Å². The van der Waals surface area contributed by atoms with Gasteiger partial charge in [-0.05, 0) is 34.1 Å². The van der Waals surface area contributed by atoms with Gasteiger partial charge < -0.3 is 10.0 Å². The molecule has 0 bridgehead atoms. The third-order valence-electron chi connectivity index (χ3n) is 2.84. The summed E-state index contributed by atoms with van der Waals surface area (Å²) in [6.45, 7) is 1.31. The molecule has 0 aliphatic heterocycles. The highest BCUT2D eigenvalue weighted by Crippen LogP contribution is 2.32. The van der Waals surface area contributed by atoms with Gasteiger partial charge in [-0.3, -0.25) is 9.59 Å². The van der Waals surface area contributed by atoms with E-state index in [-0.39, 0.29) is 16.6 Å². The molecule has 1 amide bonds. The first-order valence-electron chi connectivity index (χ1n) is 5.89. The number of carbonyl (C=O) groups excluding carboxylic acids is 1. The van der Waals surface area contributed by atoms with Gasteiger partial charge in [0, 0.05) is 18.1 Å². The van der Waals surface area contributed by atoms with Crippen molar-refractivity contribution in [2.45, 2.75) is 13.1 Å². The van der Waals surface area contributed by atoms with Gasteiger partial charge in [0.05, 0.1) is 17.0 Å². The summed E-state index contributed by atoms with van der Waals surface area (Å²) >= 11 is 3.03. The molecule has 0 heterocycles. The van der Waals surface area contributed by atoms with Crippen molar-refractivity contribution in [3.8, 4) is 0 Å². The summed E-state index contributed by atoms with van der Waals surface area (Å²) in [5.74, 6) is -2.58. The molecule has 116 valence electrons. The number of carbonyl (C=O) groups is 2. The first-order valence-corrected chi connectivity index (χ1v) is 6.68. The van der Waals surface area contributed by atoms with Crippen LogP contribution in [0.4, 0.5) is 13.2 Å². The van der Waals surface area contributed by atoms with Crippen LogP contribution in [0.15, 0.2) is 22.7 Å². The largest absolute Gasteiger partial charge is 0.481 e. The predicted molar refractivity (Wildman–Crippen MR) is 72.9 cm³/mol. The molecule has 0 aliphatic carbocycles. The number of hydrogen-bond acceptors (Lipinski definition) is 2. The van der Waals surface area contributed by atoms with Crippen LogP contribution in [0.2, 0.25) is 0 Å². The maximum atomic E-state index is 12.7. The van der Waals surface area contributed by atoms with E-state index in [1.165, 1.54) is 14.0 Å². The highest BCUT2D eigenvalue weighted by Gasteiger charge is 2.32. The predicted octanol–water partition coefficient (Wildman–Crippen LogP) is 3.26. The zero-order valence-electron chi connectivity index (χ0n) is 11.2. The molecule has 0 saturated carbocycles. The zero-order chi connectivity index (χ0) is 16.4. The standard InChI is InChI=1S/C13H13BrF3NO3/c1-7(12(20)21)6-18(2)11(19)9-5-8(13(15,16)17)3-4-10(9)14/h3-5,7H,6H2,1-2H3,(H,20,21). The molecular weight excluding hydrogens is 355 g/mol. The monoisotopic (exact) mass is 367 g/mol. The highest BCUT2D eigenvalue weighted by molar-refractivity contribution is 9.10. The van der Waals surface area contributed by atoms with Crippen LogP contribution in [0.3, 0.4) is 0 Å². The van der Waals surface area contributed by atoms with Crippen molar-refractivity contribution >= 4 is 27.8 Å². The normalized spacial score (nSPS) is 12.9. The SMILES string of the molecule is CC(CN(C)C(=O)c1cc(C(F)(F)F)ccc1Br)C(=O)O. The molecule has 1 unspecified atom stereocenters. The van der Waals surface area contributed by atoms with Crippen LogP contribution in [-0.4, -0.2) is 35.5 Å². The summed E-state index contributed by atoms with van der Waals surface area (Å²) in [6.07, 6.45) is -4.55. The number of benzene rings is 1. The van der Waals surface area contributed by atoms with Gasteiger partial charge in [-0.15, -0.1) is 0 Å². The smallest absolute Gasteiger partial charge is 0.416 e. The van der Waals surface area contributed by atoms with Gasteiger partial charge in [0.1, 0.15) is 0 Å². The van der Waals surface area contributed by atoms with Crippen LogP contribution < -0.4 is 0 Å². The van der Waals surface area contributed by atoms with Crippen molar-refractivity contribution in [1.82, 2.24) is 4.90 Å². The lowest BCUT2D eigenvalue weighted by Gasteiger charge is -2.20. The fourth-order valence-corrected chi connectivity index (χ4v) is 2.06. The Morgan fingerprint density at radius 1 is 1.38 bits per heavy atom. The molecule has 0 saturated heterocycles. The van der Waals surface area contributed by atoms with Crippen molar-refractivity contribution in [3.05, 3.63) is 33.8 Å². The molecule has 0 aromatic heterocycles. The van der Waals surface area contributed by atoms with Crippen LogP contribution in [0.1, 0.15) is 22.8 Å². The van der Waals surface area contributed by atoms with E-state index in [1.807, 2.05) is 0 Å². The van der Waals surface area contributed by atoms with Crippen LogP contribution in [0.5, 0.6) is 0 Å². The summed E-state index contributed by atoms with van der Waals surface area (Å²) in [6, 6.07) is 2.75. The van der Waals surface area contributed by atoms with Crippen LogP contribution in [0, 0.1) is 5.92 Å². The Labute approximate surface area is 127 Å². The molecule has 1 rings (SSSR count). The molecule has 1 atom stereocenters. The van der Waals surface area contributed by atoms with Crippen molar-refractivity contribution in [2.75, 3.05) is 13.6 Å². The lowest BCUT2D eigenvalue weighted by molar-refractivity contribution is -0.141. The van der Waals surface area contributed by atoms with Gasteiger partial charge in [0.2, 0.25) is 0 Å². The molecule has 0 radical (unpaired) electrons. The fraction of sp³-hybridized carbons (Fsp3) is 0.385. The summed E-state index contributed by atoms with van der Waals surface area (Å²) in [5, 5.41) is 8.79. The first kappa shape index (κ1) is 17.5. The van der Waals surface area contributed by atoms with E-state index < -0.39 is 29.5 Å². The molecule has 0 spiro atoms. The van der Waals surface area contributed by atoms with E-state index in [9.17, 15) is 22.8 Å². The third-order valence-corrected chi connectivity index (χ3v) is 3.53. The molecule has 0 aliphatic rings. The molecule has 1 aromatic rings. The maximum Gasteiger partial charge on any atom is 0.416 e. The zero-order valence-corrected chi connectivity index (χ0v) is 12.8. The van der Waals surface area contributed by atoms with E-state index >= 15 is 0 Å². The minimum absolute atomic E-state index is 0.100. The lowest BCUT2D eigenvalue weighted by Crippen LogP contribution is -2.34. The van der Waals surface area contributed by atoms with E-state index in [0.717, 1.165) is 23.1 Å². The van der Waals surface area contributed by atoms with Gasteiger partial charge in [0.25, 0.3) is 5.91 Å². The van der Waals surface area contributed by atoms with Crippen molar-refractivity contribution < 1.29 is 27.9 Å². The third kappa shape index (κ3) is 4.45. The Hall–Kier alpha value is -1.57. The molecule has 21 heavy (non-hydrogen) atoms. The molecule has 1 N–H and O–H groups in total. The minimum Gasteiger partial charge on any atom is -0.481 e. The van der Waals surface area contributed by atoms with E-state index in [1.54, 1.807) is 0 Å². The second-order valence-electron chi connectivity index (χ2n) is 4.62. The van der Waals surface area contributed by atoms with Gasteiger partial charge >= 0.3 is 12.1 Å². The number of halogens is 4. The summed E-state index contributed by atoms with van der Waals surface area (Å²) < 4.78 is 38.2. The van der Waals surface area contributed by atoms with Gasteiger partial charge in [-0.1, -0.05) is 6.92 Å². The number of hydrogen-bond donors (Lipinski definition) is 1. The number of aliphatic carboxylic acids is 1. The summed E-state index contributed by atoms with van der Waals surface area (Å²) in [4.78, 5) is 24.0. The van der Waals surface area contributed by atoms with Crippen molar-refractivity contribution in [3.63, 3.8) is 0 Å². The van der Waals surface area contributed by atoms with Crippen LogP contribution >= 0.6 is 15.9 Å². The Kier molecular flexibility index (Phi) is 5.38. The van der Waals surface area contributed by atoms with Gasteiger partial charge in [-0.25, -0.2) is 0 Å². The van der Waals surface area contributed by atoms with Crippen LogP contribution in [-0.2, 0) is 11.0 Å². The molecular formula is C13H13BrF3NO3. The summed E-state index contributed by atoms with van der Waals surface area (Å²) in [5.41, 5.74) is -1.10. The Balaban J connectivity index is 3.04. The maximum absolute atomic E-state index is 12.7. The van der Waals surface area contributed by atoms with E-state index in [2.05, 4.69) is 15.9 Å². The lowest BCUT2D eigenvalue weighted by atomic mass is 10.1. The molecule has 8 heteroatoms. The molecule has 4 nitrogen and oxygen atoms in total. The Morgan fingerprint density at radius 2 is 1.95 bits per heavy atom. The fourth-order valence-electron chi connectivity index (χ4n) is 1.64. The van der Waals surface area contributed by atoms with Crippen molar-refractivity contribution in [1.29, 1.82) is 0 Å². The number of amides is 1. The average molecular weight is 368 g/mol. The molecule has 0 fully saturated rings. The second kappa shape index (κ2) is 6.46. The number of carboxylic acids is 1. The quantitative estimate of drug-likeness (QED) is 0.888. The number of carboxylic acid groups (broad SMARTS) is 1. The topological polar surface area (TPSA) is 57.6 Å². The summed E-state index contributed by atoms with van der Waals surface area (Å²) in [7, 11) is 1.34. The van der Waals surface area contributed by atoms with Crippen molar-refractivity contribution in [2.24, 2.45) is 5.92 Å². The first-order chi connectivity index (χ1) is 9.54.